The minimum absolute atomic E-state index is 0.145. The van der Waals surface area contributed by atoms with Crippen LogP contribution in [0.1, 0.15) is 48.3 Å². The van der Waals surface area contributed by atoms with Crippen LogP contribution < -0.4 is 0 Å². The van der Waals surface area contributed by atoms with E-state index >= 15 is 0 Å². The summed E-state index contributed by atoms with van der Waals surface area (Å²) < 4.78 is 2.28. The fraction of sp³-hybridized carbons (Fsp3) is 0.389. The predicted octanol–water partition coefficient (Wildman–Crippen LogP) is 4.77. The van der Waals surface area contributed by atoms with Crippen molar-refractivity contribution in [3.8, 4) is 11.3 Å². The molecule has 0 bridgehead atoms. The largest absolute Gasteiger partial charge is 0.344 e. The number of Topliss-reactive ketones (excluding diaryl/α,β-unsaturated/α-hetero) is 1. The zero-order valence-corrected chi connectivity index (χ0v) is 12.9. The third-order valence-electron chi connectivity index (χ3n) is 3.83. The Labute approximate surface area is 121 Å². The Balaban J connectivity index is 2.52. The molecule has 2 nitrogen and oxygen atoms in total. The van der Waals surface area contributed by atoms with Crippen molar-refractivity contribution in [2.75, 3.05) is 0 Å². The van der Waals surface area contributed by atoms with Crippen LogP contribution in [0.4, 0.5) is 0 Å². The molecule has 0 amide bonds. The summed E-state index contributed by atoms with van der Waals surface area (Å²) in [7, 11) is 0. The molecule has 0 aliphatic carbocycles. The first-order valence-corrected chi connectivity index (χ1v) is 7.32. The Bertz CT molecular complexity index is 605. The molecule has 2 aromatic rings. The van der Waals surface area contributed by atoms with E-state index in [9.17, 15) is 4.79 Å². The second-order valence-corrected chi connectivity index (χ2v) is 5.46. The fourth-order valence-electron chi connectivity index (χ4n) is 2.57. The van der Waals surface area contributed by atoms with Gasteiger partial charge in [0.15, 0.2) is 5.78 Å². The Morgan fingerprint density at radius 2 is 1.80 bits per heavy atom. The molecule has 0 aliphatic rings. The molecule has 0 atom stereocenters. The van der Waals surface area contributed by atoms with Gasteiger partial charge in [0.1, 0.15) is 0 Å². The summed E-state index contributed by atoms with van der Waals surface area (Å²) in [5, 5.41) is 0. The highest BCUT2D eigenvalue weighted by Crippen LogP contribution is 2.27. The van der Waals surface area contributed by atoms with Crippen LogP contribution in [0.5, 0.6) is 0 Å². The Morgan fingerprint density at radius 1 is 1.15 bits per heavy atom. The lowest BCUT2D eigenvalue weighted by Crippen LogP contribution is -2.04. The van der Waals surface area contributed by atoms with E-state index in [1.807, 2.05) is 13.0 Å². The number of aromatic nitrogens is 1. The van der Waals surface area contributed by atoms with Gasteiger partial charge >= 0.3 is 0 Å². The van der Waals surface area contributed by atoms with Gasteiger partial charge in [-0.25, -0.2) is 0 Å². The first-order valence-electron chi connectivity index (χ1n) is 7.32. The topological polar surface area (TPSA) is 22.0 Å². The number of aryl methyl sites for hydroxylation is 1. The average molecular weight is 269 g/mol. The number of nitrogens with zero attached hydrogens (tertiary/aromatic N) is 1. The molecule has 2 rings (SSSR count). The van der Waals surface area contributed by atoms with E-state index in [-0.39, 0.29) is 5.78 Å². The summed E-state index contributed by atoms with van der Waals surface area (Å²) in [5.74, 6) is 0.145. The van der Waals surface area contributed by atoms with Crippen LogP contribution in [-0.4, -0.2) is 10.4 Å². The molecule has 2 heteroatoms. The van der Waals surface area contributed by atoms with Crippen molar-refractivity contribution in [3.63, 3.8) is 0 Å². The molecule has 0 fully saturated rings. The van der Waals surface area contributed by atoms with E-state index in [0.717, 1.165) is 36.3 Å². The van der Waals surface area contributed by atoms with Crippen LogP contribution in [-0.2, 0) is 6.54 Å². The van der Waals surface area contributed by atoms with E-state index < -0.39 is 0 Å². The lowest BCUT2D eigenvalue weighted by Gasteiger charge is -2.11. The van der Waals surface area contributed by atoms with Gasteiger partial charge in [-0.15, -0.1) is 0 Å². The molecule has 0 N–H and O–H groups in total. The second-order valence-electron chi connectivity index (χ2n) is 5.46. The van der Waals surface area contributed by atoms with Crippen LogP contribution in [0.3, 0.4) is 0 Å². The molecule has 106 valence electrons. The molecule has 1 aromatic carbocycles. The van der Waals surface area contributed by atoms with Gasteiger partial charge in [0, 0.05) is 23.5 Å². The minimum atomic E-state index is 0.145. The number of hydrogen-bond acceptors (Lipinski definition) is 1. The van der Waals surface area contributed by atoms with Crippen LogP contribution in [0.2, 0.25) is 0 Å². The number of ketones is 1. The first-order chi connectivity index (χ1) is 9.54. The van der Waals surface area contributed by atoms with Crippen LogP contribution >= 0.6 is 0 Å². The average Bonchev–Trinajstić information content (AvgIpc) is 2.75. The summed E-state index contributed by atoms with van der Waals surface area (Å²) in [4.78, 5) is 11.8. The normalized spacial score (nSPS) is 10.8. The highest BCUT2D eigenvalue weighted by molar-refractivity contribution is 5.96. The van der Waals surface area contributed by atoms with Crippen LogP contribution in [0, 0.1) is 13.8 Å². The molecule has 20 heavy (non-hydrogen) atoms. The maximum Gasteiger partial charge on any atom is 0.161 e. The maximum absolute atomic E-state index is 11.8. The number of rotatable bonds is 5. The van der Waals surface area contributed by atoms with Crippen LogP contribution in [0.15, 0.2) is 30.3 Å². The van der Waals surface area contributed by atoms with Crippen molar-refractivity contribution in [2.24, 2.45) is 0 Å². The standard InChI is InChI=1S/C18H23NO/c1-5-6-11-19-14(3)17(15(4)20)12-18(19)16-9-7-13(2)8-10-16/h7-10,12H,5-6,11H2,1-4H3. The molecule has 0 saturated heterocycles. The van der Waals surface area contributed by atoms with Gasteiger partial charge in [0.25, 0.3) is 0 Å². The third kappa shape index (κ3) is 2.84. The van der Waals surface area contributed by atoms with E-state index in [1.165, 1.54) is 11.1 Å². The molecule has 0 spiro atoms. The maximum atomic E-state index is 11.8. The van der Waals surface area contributed by atoms with Crippen molar-refractivity contribution in [2.45, 2.75) is 47.1 Å². The Kier molecular flexibility index (Phi) is 4.43. The molecule has 0 unspecified atom stereocenters. The molecular weight excluding hydrogens is 246 g/mol. The molecular formula is C18H23NO. The summed E-state index contributed by atoms with van der Waals surface area (Å²) in [5.41, 5.74) is 5.52. The summed E-state index contributed by atoms with van der Waals surface area (Å²) in [6, 6.07) is 10.6. The van der Waals surface area contributed by atoms with Gasteiger partial charge in [0.2, 0.25) is 0 Å². The summed E-state index contributed by atoms with van der Waals surface area (Å²) >= 11 is 0. The van der Waals surface area contributed by atoms with Gasteiger partial charge in [-0.05, 0) is 38.8 Å². The van der Waals surface area contributed by atoms with Crippen molar-refractivity contribution in [1.29, 1.82) is 0 Å². The van der Waals surface area contributed by atoms with Gasteiger partial charge in [-0.2, -0.15) is 0 Å². The number of carbonyl (C=O) groups excluding carboxylic acids is 1. The summed E-state index contributed by atoms with van der Waals surface area (Å²) in [6.07, 6.45) is 2.28. The van der Waals surface area contributed by atoms with Crippen molar-refractivity contribution in [1.82, 2.24) is 4.57 Å². The highest BCUT2D eigenvalue weighted by atomic mass is 16.1. The smallest absolute Gasteiger partial charge is 0.161 e. The van der Waals surface area contributed by atoms with Gasteiger partial charge in [0.05, 0.1) is 0 Å². The molecule has 0 radical (unpaired) electrons. The van der Waals surface area contributed by atoms with Crippen molar-refractivity contribution < 1.29 is 4.79 Å². The van der Waals surface area contributed by atoms with Gasteiger partial charge < -0.3 is 4.57 Å². The first kappa shape index (κ1) is 14.6. The highest BCUT2D eigenvalue weighted by Gasteiger charge is 2.15. The van der Waals surface area contributed by atoms with E-state index in [4.69, 9.17) is 0 Å². The van der Waals surface area contributed by atoms with Gasteiger partial charge in [-0.3, -0.25) is 4.79 Å². The van der Waals surface area contributed by atoms with E-state index in [0.29, 0.717) is 0 Å². The monoisotopic (exact) mass is 269 g/mol. The lowest BCUT2D eigenvalue weighted by atomic mass is 10.1. The van der Waals surface area contributed by atoms with Gasteiger partial charge in [-0.1, -0.05) is 43.2 Å². The fourth-order valence-corrected chi connectivity index (χ4v) is 2.57. The quantitative estimate of drug-likeness (QED) is 0.716. The number of carbonyl (C=O) groups is 1. The third-order valence-corrected chi connectivity index (χ3v) is 3.83. The number of hydrogen-bond donors (Lipinski definition) is 0. The van der Waals surface area contributed by atoms with Crippen molar-refractivity contribution >= 4 is 5.78 Å². The number of unbranched alkanes of at least 4 members (excludes halogenated alkanes) is 1. The molecule has 1 aromatic heterocycles. The van der Waals surface area contributed by atoms with Crippen molar-refractivity contribution in [3.05, 3.63) is 47.2 Å². The SMILES string of the molecule is CCCCn1c(-c2ccc(C)cc2)cc(C(C)=O)c1C. The van der Waals surface area contributed by atoms with E-state index in [1.54, 1.807) is 6.92 Å². The molecule has 0 aliphatic heterocycles. The lowest BCUT2D eigenvalue weighted by molar-refractivity contribution is 0.101. The predicted molar refractivity (Wildman–Crippen MR) is 84.3 cm³/mol. The molecule has 0 saturated carbocycles. The second kappa shape index (κ2) is 6.08. The van der Waals surface area contributed by atoms with Crippen LogP contribution in [0.25, 0.3) is 11.3 Å². The Hall–Kier alpha value is -1.83. The minimum Gasteiger partial charge on any atom is -0.344 e. The molecule has 1 heterocycles. The Morgan fingerprint density at radius 3 is 2.35 bits per heavy atom. The zero-order chi connectivity index (χ0) is 14.7. The zero-order valence-electron chi connectivity index (χ0n) is 12.9. The summed E-state index contributed by atoms with van der Waals surface area (Å²) in [6.45, 7) is 8.94. The van der Waals surface area contributed by atoms with E-state index in [2.05, 4.69) is 42.7 Å². The number of benzene rings is 1.